The highest BCUT2D eigenvalue weighted by atomic mass is 32.3. The van der Waals surface area contributed by atoms with Crippen molar-refractivity contribution in [1.82, 2.24) is 0 Å². The summed E-state index contributed by atoms with van der Waals surface area (Å²) >= 11 is 0. The molecule has 0 radical (unpaired) electrons. The molecule has 4 heteroatoms. The minimum absolute atomic E-state index is 0.446. The van der Waals surface area contributed by atoms with Crippen LogP contribution in [0.15, 0.2) is 0 Å². The van der Waals surface area contributed by atoms with Gasteiger partial charge in [0.25, 0.3) is 0 Å². The Balaban J connectivity index is 4.50. The molecule has 0 amide bonds. The van der Waals surface area contributed by atoms with Gasteiger partial charge in [-0.25, -0.2) is 20.1 Å². The maximum absolute atomic E-state index is 5.76. The zero-order chi connectivity index (χ0) is 11.9. The summed E-state index contributed by atoms with van der Waals surface area (Å²) in [6.45, 7) is 6.38. The molecule has 0 rings (SSSR count). The van der Waals surface area contributed by atoms with Crippen LogP contribution in [0.25, 0.3) is 0 Å². The molecule has 0 unspecified atom stereocenters. The Morgan fingerprint density at radius 1 is 0.867 bits per heavy atom. The molecule has 0 aliphatic heterocycles. The van der Waals surface area contributed by atoms with E-state index in [1.165, 1.54) is 28.1 Å². The van der Waals surface area contributed by atoms with Gasteiger partial charge in [-0.2, -0.15) is 0 Å². The SMILES string of the molecule is CCS(CC)(CCN)CS(C)(C)CCN. The zero-order valence-corrected chi connectivity index (χ0v) is 12.6. The van der Waals surface area contributed by atoms with E-state index in [4.69, 9.17) is 11.5 Å². The van der Waals surface area contributed by atoms with Crippen molar-refractivity contribution in [2.75, 3.05) is 53.7 Å². The van der Waals surface area contributed by atoms with Gasteiger partial charge < -0.3 is 11.5 Å². The molecule has 0 bridgehead atoms. The van der Waals surface area contributed by atoms with Crippen molar-refractivity contribution >= 4 is 20.1 Å². The van der Waals surface area contributed by atoms with E-state index in [0.29, 0.717) is 0 Å². The van der Waals surface area contributed by atoms with E-state index < -0.39 is 20.1 Å². The Bertz CT molecular complexity index is 168. The Hall–Kier alpha value is 0.620. The molecule has 0 saturated carbocycles. The Kier molecular flexibility index (Phi) is 7.34. The molecule has 15 heavy (non-hydrogen) atoms. The average Bonchev–Trinajstić information content (AvgIpc) is 2.16. The van der Waals surface area contributed by atoms with Crippen LogP contribution in [0, 0.1) is 0 Å². The molecule has 0 fully saturated rings. The lowest BCUT2D eigenvalue weighted by Crippen LogP contribution is -2.25. The van der Waals surface area contributed by atoms with Crippen molar-refractivity contribution in [2.45, 2.75) is 13.8 Å². The van der Waals surface area contributed by atoms with Crippen molar-refractivity contribution < 1.29 is 0 Å². The first kappa shape index (κ1) is 15.6. The zero-order valence-electron chi connectivity index (χ0n) is 10.9. The van der Waals surface area contributed by atoms with Gasteiger partial charge in [0.1, 0.15) is 0 Å². The van der Waals surface area contributed by atoms with Crippen LogP contribution in [0.4, 0.5) is 0 Å². The molecule has 0 aromatic heterocycles. The van der Waals surface area contributed by atoms with Crippen LogP contribution >= 0.6 is 20.1 Å². The average molecular weight is 255 g/mol. The molecule has 4 N–H and O–H groups in total. The van der Waals surface area contributed by atoms with Gasteiger partial charge in [-0.1, -0.05) is 13.8 Å². The van der Waals surface area contributed by atoms with Crippen LogP contribution in [0.3, 0.4) is 0 Å². The number of hydrogen-bond donors (Lipinski definition) is 2. The number of nitrogens with two attached hydrogens (primary N) is 2. The Labute approximate surface area is 99.2 Å². The van der Waals surface area contributed by atoms with Crippen molar-refractivity contribution in [1.29, 1.82) is 0 Å². The maximum Gasteiger partial charge on any atom is 0.00735 e. The Morgan fingerprint density at radius 2 is 1.33 bits per heavy atom. The van der Waals surface area contributed by atoms with Crippen LogP contribution in [0.1, 0.15) is 13.8 Å². The maximum atomic E-state index is 5.76. The quantitative estimate of drug-likeness (QED) is 0.693. The summed E-state index contributed by atoms with van der Waals surface area (Å²) in [6, 6.07) is 0. The smallest absolute Gasteiger partial charge is 0.00735 e. The van der Waals surface area contributed by atoms with Crippen molar-refractivity contribution in [3.05, 3.63) is 0 Å². The highest BCUT2D eigenvalue weighted by molar-refractivity contribution is 8.48. The summed E-state index contributed by atoms with van der Waals surface area (Å²) in [4.78, 5) is 0. The van der Waals surface area contributed by atoms with Gasteiger partial charge in [0.2, 0.25) is 0 Å². The van der Waals surface area contributed by atoms with E-state index >= 15 is 0 Å². The van der Waals surface area contributed by atoms with E-state index in [-0.39, 0.29) is 0 Å². The molecular weight excluding hydrogens is 224 g/mol. The molecule has 0 aliphatic carbocycles. The van der Waals surface area contributed by atoms with E-state index in [1.807, 2.05) is 0 Å². The third kappa shape index (κ3) is 5.48. The van der Waals surface area contributed by atoms with E-state index in [2.05, 4.69) is 26.4 Å². The minimum atomic E-state index is -0.479. The van der Waals surface area contributed by atoms with Crippen LogP contribution < -0.4 is 11.5 Å². The topological polar surface area (TPSA) is 52.0 Å². The lowest BCUT2D eigenvalue weighted by molar-refractivity contribution is 1.12. The number of rotatable bonds is 8. The molecular formula is C11H30N2S2. The highest BCUT2D eigenvalue weighted by Crippen LogP contribution is 2.58. The molecule has 96 valence electrons. The minimum Gasteiger partial charge on any atom is -0.330 e. The Morgan fingerprint density at radius 3 is 1.67 bits per heavy atom. The first-order chi connectivity index (χ1) is 6.95. The number of hydrogen-bond acceptors (Lipinski definition) is 2. The van der Waals surface area contributed by atoms with Crippen molar-refractivity contribution in [3.63, 3.8) is 0 Å². The highest BCUT2D eigenvalue weighted by Gasteiger charge is 2.25. The summed E-state index contributed by atoms with van der Waals surface area (Å²) in [6.07, 6.45) is 4.87. The molecule has 0 saturated heterocycles. The van der Waals surface area contributed by atoms with Gasteiger partial charge in [-0.3, -0.25) is 0 Å². The van der Waals surface area contributed by atoms with Gasteiger partial charge in [0.15, 0.2) is 0 Å². The standard InChI is InChI=1S/C11H30N2S2/c1-5-15(6-2,10-8-13)11-14(3,4)9-7-12/h5-13H2,1-4H3. The van der Waals surface area contributed by atoms with Gasteiger partial charge in [-0.15, -0.1) is 0 Å². The largest absolute Gasteiger partial charge is 0.330 e. The van der Waals surface area contributed by atoms with Crippen LogP contribution in [-0.4, -0.2) is 53.7 Å². The summed E-state index contributed by atoms with van der Waals surface area (Å²) in [5.74, 6) is 5.14. The molecule has 0 aromatic carbocycles. The molecule has 0 heterocycles. The van der Waals surface area contributed by atoms with E-state index in [1.54, 1.807) is 0 Å². The summed E-state index contributed by atoms with van der Waals surface area (Å²) in [5, 5.41) is 1.42. The van der Waals surface area contributed by atoms with Gasteiger partial charge in [0, 0.05) is 5.08 Å². The van der Waals surface area contributed by atoms with Gasteiger partial charge in [0.05, 0.1) is 0 Å². The van der Waals surface area contributed by atoms with E-state index in [9.17, 15) is 0 Å². The first-order valence-corrected chi connectivity index (χ1v) is 10.9. The monoisotopic (exact) mass is 254 g/mol. The predicted molar refractivity (Wildman–Crippen MR) is 80.8 cm³/mol. The molecule has 0 aromatic rings. The third-order valence-corrected chi connectivity index (χ3v) is 12.5. The lowest BCUT2D eigenvalue weighted by Gasteiger charge is -2.47. The normalized spacial score (nSPS) is 15.3. The fourth-order valence-electron chi connectivity index (χ4n) is 2.02. The predicted octanol–water partition coefficient (Wildman–Crippen LogP) is 1.77. The van der Waals surface area contributed by atoms with Crippen LogP contribution in [0.2, 0.25) is 0 Å². The molecule has 0 aliphatic rings. The fraction of sp³-hybridized carbons (Fsp3) is 1.00. The van der Waals surface area contributed by atoms with Gasteiger partial charge >= 0.3 is 0 Å². The van der Waals surface area contributed by atoms with Crippen LogP contribution in [0.5, 0.6) is 0 Å². The second-order valence-electron chi connectivity index (χ2n) is 4.67. The lowest BCUT2D eigenvalue weighted by atomic mass is 10.8. The summed E-state index contributed by atoms with van der Waals surface area (Å²) in [5.41, 5.74) is 11.5. The fourth-order valence-corrected chi connectivity index (χ4v) is 11.8. The second kappa shape index (κ2) is 7.05. The molecule has 0 spiro atoms. The summed E-state index contributed by atoms with van der Waals surface area (Å²) < 4.78 is 0. The first-order valence-electron chi connectivity index (χ1n) is 5.78. The third-order valence-electron chi connectivity index (χ3n) is 3.02. The van der Waals surface area contributed by atoms with Gasteiger partial charge in [-0.05, 0) is 48.6 Å². The second-order valence-corrected chi connectivity index (χ2v) is 13.6. The van der Waals surface area contributed by atoms with Crippen molar-refractivity contribution in [2.24, 2.45) is 11.5 Å². The summed E-state index contributed by atoms with van der Waals surface area (Å²) in [7, 11) is -0.925. The van der Waals surface area contributed by atoms with Crippen molar-refractivity contribution in [3.8, 4) is 0 Å². The van der Waals surface area contributed by atoms with E-state index in [0.717, 1.165) is 13.1 Å². The molecule has 0 atom stereocenters. The van der Waals surface area contributed by atoms with Crippen LogP contribution in [-0.2, 0) is 0 Å². The molecule has 2 nitrogen and oxygen atoms in total.